The Morgan fingerprint density at radius 3 is 1.84 bits per heavy atom. The van der Waals surface area contributed by atoms with Crippen LogP contribution in [0.5, 0.6) is 0 Å². The molecule has 12 N–H and O–H groups in total. The quantitative estimate of drug-likeness (QED) is 0.0226. The van der Waals surface area contributed by atoms with Crippen LogP contribution in [0.15, 0.2) is 51.0 Å². The number of nitrogens with zero attached hydrogens (tertiary/aromatic N) is 2. The molecule has 0 aliphatic carbocycles. The third-order valence-corrected chi connectivity index (χ3v) is 9.32. The van der Waals surface area contributed by atoms with E-state index in [2.05, 4.69) is 52.2 Å². The normalized spacial score (nSPS) is 12.8. The van der Waals surface area contributed by atoms with Crippen LogP contribution in [0, 0.1) is 6.92 Å². The molecule has 0 bridgehead atoms. The average molecular weight is 851 g/mol. The van der Waals surface area contributed by atoms with Gasteiger partial charge in [-0.2, -0.15) is 0 Å². The molecule has 3 rings (SSSR count). The average Bonchev–Trinajstić information content (AvgIpc) is 3.70. The largest absolute Gasteiger partial charge is 0.423 e. The van der Waals surface area contributed by atoms with Gasteiger partial charge in [-0.1, -0.05) is 0 Å². The lowest BCUT2D eigenvalue weighted by Crippen LogP contribution is -2.58. The summed E-state index contributed by atoms with van der Waals surface area (Å²) >= 11 is 0. The molecule has 0 saturated carbocycles. The highest BCUT2D eigenvalue weighted by Crippen LogP contribution is 2.21. The number of hydrogen-bond donors (Lipinski definition) is 10. The fraction of sp³-hybridized carbons (Fsp3) is 0.500. The smallest absolute Gasteiger partial charge is 0.336 e. The zero-order valence-electron chi connectivity index (χ0n) is 35.0. The van der Waals surface area contributed by atoms with Crippen molar-refractivity contribution in [1.82, 2.24) is 41.9 Å². The Labute approximate surface area is 352 Å². The molecule has 21 heteroatoms. The number of nitrogens with one attached hydrogen (secondary N) is 8. The Hall–Kier alpha value is -6.80. The maximum absolute atomic E-state index is 14.2. The first-order valence-corrected chi connectivity index (χ1v) is 20.1. The molecule has 2 aromatic heterocycles. The Balaban J connectivity index is 1.88. The molecule has 0 unspecified atom stereocenters. The van der Waals surface area contributed by atoms with E-state index in [1.54, 1.807) is 19.1 Å². The number of H-pyrrole nitrogens is 1. The number of aromatic nitrogens is 2. The van der Waals surface area contributed by atoms with Crippen molar-refractivity contribution in [2.24, 2.45) is 16.5 Å². The Morgan fingerprint density at radius 1 is 0.721 bits per heavy atom. The van der Waals surface area contributed by atoms with E-state index in [0.717, 1.165) is 0 Å². The topological polar surface area (TPSA) is 327 Å². The molecular formula is C40H58N12O9. The Morgan fingerprint density at radius 2 is 1.28 bits per heavy atom. The number of benzene rings is 1. The lowest BCUT2D eigenvalue weighted by Gasteiger charge is -2.26. The SMILES string of the molecule is CC(=O)NCCCC[C@H](NC(=O)[C@H](CCCCNC(C)=O)NC(=O)[C@H](Cc1cnc[nH]1)NC(=O)[C@H](CCCN=C(N)N)NC(C)=O)C(=O)Nc1ccc2c(C)cc(=O)oc2c1. The van der Waals surface area contributed by atoms with E-state index in [4.69, 9.17) is 15.9 Å². The number of unbranched alkanes of at least 4 members (excludes halogenated alkanes) is 2. The summed E-state index contributed by atoms with van der Waals surface area (Å²) < 4.78 is 5.34. The van der Waals surface area contributed by atoms with Gasteiger partial charge in [-0.15, -0.1) is 0 Å². The van der Waals surface area contributed by atoms with Crippen LogP contribution < -0.4 is 54.3 Å². The van der Waals surface area contributed by atoms with E-state index in [1.165, 1.54) is 45.4 Å². The van der Waals surface area contributed by atoms with Crippen molar-refractivity contribution in [3.8, 4) is 0 Å². The van der Waals surface area contributed by atoms with Gasteiger partial charge >= 0.3 is 5.63 Å². The van der Waals surface area contributed by atoms with Gasteiger partial charge in [0.15, 0.2) is 5.96 Å². The number of carbonyl (C=O) groups is 7. The summed E-state index contributed by atoms with van der Waals surface area (Å²) in [6, 6.07) is 1.54. The Kier molecular flexibility index (Phi) is 19.9. The lowest BCUT2D eigenvalue weighted by atomic mass is 10.0. The molecule has 0 spiro atoms. The number of hydrogen-bond acceptors (Lipinski definition) is 11. The third kappa shape index (κ3) is 17.9. The van der Waals surface area contributed by atoms with Crippen LogP contribution in [-0.2, 0) is 40.0 Å². The fourth-order valence-electron chi connectivity index (χ4n) is 6.31. The standard InChI is InChI=1S/C40H58N12O9/c1-23-18-35(56)61-34-20-27(13-14-29(23)34)49-36(57)31(10-5-7-15-44-24(2)53)50-38(59)32(11-6-8-16-45-25(3)54)51-39(60)33(19-28-21-43-22-47-28)52-37(58)30(48-26(4)55)12-9-17-46-40(41)42/h13-14,18,20-22,30-33H,5-12,15-17,19H2,1-4H3,(H,43,47)(H,44,53)(H,45,54)(H,48,55)(H,49,57)(H,50,59)(H,51,60)(H,52,58)(H4,41,42,46)/t30-,31-,32-,33-/m0/s1. The predicted molar refractivity (Wildman–Crippen MR) is 227 cm³/mol. The third-order valence-electron chi connectivity index (χ3n) is 9.32. The van der Waals surface area contributed by atoms with Crippen molar-refractivity contribution in [1.29, 1.82) is 0 Å². The Bertz CT molecular complexity index is 2060. The van der Waals surface area contributed by atoms with E-state index < -0.39 is 59.3 Å². The molecule has 21 nitrogen and oxygen atoms in total. The molecule has 0 aliphatic heterocycles. The van der Waals surface area contributed by atoms with Gasteiger partial charge in [0.25, 0.3) is 0 Å². The van der Waals surface area contributed by atoms with Crippen LogP contribution in [-0.4, -0.2) is 101 Å². The molecule has 4 atom stereocenters. The second-order valence-electron chi connectivity index (χ2n) is 14.6. The van der Waals surface area contributed by atoms with Crippen LogP contribution in [0.1, 0.15) is 83.4 Å². The van der Waals surface area contributed by atoms with E-state index in [1.807, 2.05) is 0 Å². The van der Waals surface area contributed by atoms with Gasteiger partial charge in [0, 0.05) is 81.9 Å². The second-order valence-corrected chi connectivity index (χ2v) is 14.6. The first-order valence-electron chi connectivity index (χ1n) is 20.1. The number of aliphatic imine (C=N–C) groups is 1. The van der Waals surface area contributed by atoms with Gasteiger partial charge < -0.3 is 58.1 Å². The van der Waals surface area contributed by atoms with Crippen LogP contribution in [0.4, 0.5) is 5.69 Å². The summed E-state index contributed by atoms with van der Waals surface area (Å²) in [5, 5.41) is 19.7. The summed E-state index contributed by atoms with van der Waals surface area (Å²) in [6.07, 6.45) is 5.23. The molecule has 332 valence electrons. The van der Waals surface area contributed by atoms with Gasteiger partial charge in [0.2, 0.25) is 41.4 Å². The number of rotatable bonds is 25. The van der Waals surface area contributed by atoms with E-state index >= 15 is 0 Å². The van der Waals surface area contributed by atoms with Crippen LogP contribution in [0.2, 0.25) is 0 Å². The first kappa shape index (κ1) is 48.6. The summed E-state index contributed by atoms with van der Waals surface area (Å²) in [4.78, 5) is 114. The first-order chi connectivity index (χ1) is 29.0. The maximum Gasteiger partial charge on any atom is 0.336 e. The predicted octanol–water partition coefficient (Wildman–Crippen LogP) is -0.369. The number of imidazole rings is 1. The number of nitrogens with two attached hydrogens (primary N) is 2. The second kappa shape index (κ2) is 25.0. The molecule has 3 aromatic rings. The number of fused-ring (bicyclic) bond motifs is 1. The highest BCUT2D eigenvalue weighted by Gasteiger charge is 2.31. The summed E-state index contributed by atoms with van der Waals surface area (Å²) in [5.41, 5.74) is 12.0. The van der Waals surface area contributed by atoms with Crippen molar-refractivity contribution >= 4 is 64.0 Å². The molecule has 7 amide bonds. The summed E-state index contributed by atoms with van der Waals surface area (Å²) in [6.45, 7) is 6.62. The van der Waals surface area contributed by atoms with Crippen molar-refractivity contribution < 1.29 is 38.0 Å². The van der Waals surface area contributed by atoms with Gasteiger partial charge in [-0.05, 0) is 76.0 Å². The van der Waals surface area contributed by atoms with E-state index in [9.17, 15) is 38.4 Å². The molecule has 1 aromatic carbocycles. The number of aromatic amines is 1. The minimum atomic E-state index is -1.26. The lowest BCUT2D eigenvalue weighted by molar-refractivity contribution is -0.134. The molecule has 0 fully saturated rings. The minimum absolute atomic E-state index is 0.0695. The minimum Gasteiger partial charge on any atom is -0.423 e. The van der Waals surface area contributed by atoms with Gasteiger partial charge in [-0.25, -0.2) is 9.78 Å². The van der Waals surface area contributed by atoms with Gasteiger partial charge in [-0.3, -0.25) is 38.6 Å². The molecule has 61 heavy (non-hydrogen) atoms. The van der Waals surface area contributed by atoms with Crippen molar-refractivity contribution in [2.45, 2.75) is 110 Å². The van der Waals surface area contributed by atoms with Crippen molar-refractivity contribution in [3.05, 3.63) is 58.5 Å². The highest BCUT2D eigenvalue weighted by molar-refractivity contribution is 6.00. The zero-order chi connectivity index (χ0) is 44.9. The number of aryl methyl sites for hydroxylation is 1. The van der Waals surface area contributed by atoms with Crippen molar-refractivity contribution in [3.63, 3.8) is 0 Å². The molecule has 0 aliphatic rings. The molecular weight excluding hydrogens is 793 g/mol. The fourth-order valence-corrected chi connectivity index (χ4v) is 6.31. The summed E-state index contributed by atoms with van der Waals surface area (Å²) in [7, 11) is 0. The van der Waals surface area contributed by atoms with E-state index in [0.29, 0.717) is 67.5 Å². The molecule has 0 saturated heterocycles. The molecule has 0 radical (unpaired) electrons. The van der Waals surface area contributed by atoms with Gasteiger partial charge in [0.1, 0.15) is 29.8 Å². The summed E-state index contributed by atoms with van der Waals surface area (Å²) in [5.74, 6) is -3.76. The number of amides is 7. The highest BCUT2D eigenvalue weighted by atomic mass is 16.4. The van der Waals surface area contributed by atoms with Crippen LogP contribution in [0.25, 0.3) is 11.0 Å². The number of carbonyl (C=O) groups excluding carboxylic acids is 7. The number of anilines is 1. The maximum atomic E-state index is 14.2. The van der Waals surface area contributed by atoms with Crippen LogP contribution >= 0.6 is 0 Å². The monoisotopic (exact) mass is 850 g/mol. The van der Waals surface area contributed by atoms with Gasteiger partial charge in [0.05, 0.1) is 6.33 Å². The number of guanidine groups is 1. The van der Waals surface area contributed by atoms with E-state index in [-0.39, 0.29) is 55.6 Å². The van der Waals surface area contributed by atoms with Crippen LogP contribution in [0.3, 0.4) is 0 Å². The zero-order valence-corrected chi connectivity index (χ0v) is 35.0. The van der Waals surface area contributed by atoms with Crippen molar-refractivity contribution in [2.75, 3.05) is 25.0 Å². The molecule has 2 heterocycles.